The Kier molecular flexibility index (Phi) is 3.74. The van der Waals surface area contributed by atoms with Gasteiger partial charge in [-0.25, -0.2) is 0 Å². The molecule has 94 valence electrons. The van der Waals surface area contributed by atoms with Crippen molar-refractivity contribution in [1.29, 1.82) is 0 Å². The van der Waals surface area contributed by atoms with E-state index in [9.17, 15) is 23.1 Å². The van der Waals surface area contributed by atoms with Gasteiger partial charge in [0, 0.05) is 0 Å². The summed E-state index contributed by atoms with van der Waals surface area (Å²) in [5.74, 6) is -1.57. The molecule has 4 nitrogen and oxygen atoms in total. The predicted octanol–water partition coefficient (Wildman–Crippen LogP) is 1.15. The minimum absolute atomic E-state index is 0.546. The van der Waals surface area contributed by atoms with Crippen LogP contribution in [-0.4, -0.2) is 22.2 Å². The van der Waals surface area contributed by atoms with Gasteiger partial charge in [0.2, 0.25) is 0 Å². The van der Waals surface area contributed by atoms with E-state index in [-0.39, 0.29) is 0 Å². The number of hydrogen-bond acceptors (Lipinski definition) is 3. The Balaban J connectivity index is 3.18. The van der Waals surface area contributed by atoms with Crippen LogP contribution in [0.15, 0.2) is 24.3 Å². The van der Waals surface area contributed by atoms with Crippen LogP contribution >= 0.6 is 0 Å². The van der Waals surface area contributed by atoms with E-state index in [1.807, 2.05) is 0 Å². The lowest BCUT2D eigenvalue weighted by Gasteiger charge is -2.19. The Hall–Kier alpha value is -1.60. The summed E-state index contributed by atoms with van der Waals surface area (Å²) in [5.41, 5.74) is 3.45. The number of benzene rings is 1. The molecule has 0 saturated carbocycles. The Morgan fingerprint density at radius 2 is 1.82 bits per heavy atom. The molecule has 4 N–H and O–H groups in total. The average molecular weight is 249 g/mol. The SMILES string of the molecule is N[C@H](C(=O)O)[C@@H](O)c1ccccc1C(F)(F)F. The third kappa shape index (κ3) is 2.95. The van der Waals surface area contributed by atoms with Gasteiger partial charge in [-0.1, -0.05) is 18.2 Å². The van der Waals surface area contributed by atoms with Gasteiger partial charge in [-0.2, -0.15) is 13.2 Å². The molecule has 1 aromatic rings. The Morgan fingerprint density at radius 3 is 2.29 bits per heavy atom. The van der Waals surface area contributed by atoms with Crippen molar-refractivity contribution in [1.82, 2.24) is 0 Å². The highest BCUT2D eigenvalue weighted by molar-refractivity contribution is 5.74. The first-order chi connectivity index (χ1) is 7.75. The van der Waals surface area contributed by atoms with Crippen LogP contribution in [0.1, 0.15) is 17.2 Å². The van der Waals surface area contributed by atoms with Gasteiger partial charge in [-0.3, -0.25) is 4.79 Å². The summed E-state index contributed by atoms with van der Waals surface area (Å²) in [6.45, 7) is 0. The van der Waals surface area contributed by atoms with E-state index >= 15 is 0 Å². The van der Waals surface area contributed by atoms with Crippen LogP contribution in [0.2, 0.25) is 0 Å². The Labute approximate surface area is 94.5 Å². The van der Waals surface area contributed by atoms with Crippen LogP contribution < -0.4 is 5.73 Å². The van der Waals surface area contributed by atoms with E-state index in [2.05, 4.69) is 0 Å². The first kappa shape index (κ1) is 13.5. The van der Waals surface area contributed by atoms with Gasteiger partial charge >= 0.3 is 12.1 Å². The molecule has 17 heavy (non-hydrogen) atoms. The van der Waals surface area contributed by atoms with Crippen molar-refractivity contribution in [2.45, 2.75) is 18.3 Å². The molecule has 0 bridgehead atoms. The third-order valence-electron chi connectivity index (χ3n) is 2.21. The van der Waals surface area contributed by atoms with E-state index in [0.29, 0.717) is 0 Å². The van der Waals surface area contributed by atoms with Gasteiger partial charge < -0.3 is 15.9 Å². The molecule has 0 aromatic heterocycles. The van der Waals surface area contributed by atoms with Crippen molar-refractivity contribution in [3.8, 4) is 0 Å². The van der Waals surface area contributed by atoms with Crippen molar-refractivity contribution in [3.63, 3.8) is 0 Å². The number of carboxylic acids is 1. The first-order valence-corrected chi connectivity index (χ1v) is 4.57. The van der Waals surface area contributed by atoms with Crippen molar-refractivity contribution in [2.24, 2.45) is 5.73 Å². The summed E-state index contributed by atoms with van der Waals surface area (Å²) in [5, 5.41) is 18.0. The molecule has 0 amide bonds. The summed E-state index contributed by atoms with van der Waals surface area (Å²) in [6.07, 6.45) is -6.58. The number of rotatable bonds is 3. The minimum atomic E-state index is -4.67. The van der Waals surface area contributed by atoms with Gasteiger partial charge in [-0.05, 0) is 11.6 Å². The molecule has 0 fully saturated rings. The van der Waals surface area contributed by atoms with Gasteiger partial charge in [0.15, 0.2) is 0 Å². The number of aliphatic hydroxyl groups is 1. The summed E-state index contributed by atoms with van der Waals surface area (Å²) in [7, 11) is 0. The first-order valence-electron chi connectivity index (χ1n) is 4.57. The zero-order valence-corrected chi connectivity index (χ0v) is 8.48. The Bertz CT molecular complexity index is 420. The van der Waals surface area contributed by atoms with Gasteiger partial charge in [0.1, 0.15) is 12.1 Å². The van der Waals surface area contributed by atoms with E-state index in [0.717, 1.165) is 18.2 Å². The average Bonchev–Trinajstić information content (AvgIpc) is 2.25. The molecule has 0 aliphatic heterocycles. The number of aliphatic hydroxyl groups excluding tert-OH is 1. The van der Waals surface area contributed by atoms with Crippen LogP contribution in [0.3, 0.4) is 0 Å². The quantitative estimate of drug-likeness (QED) is 0.750. The second-order valence-corrected chi connectivity index (χ2v) is 3.39. The lowest BCUT2D eigenvalue weighted by Crippen LogP contribution is -2.37. The zero-order valence-electron chi connectivity index (χ0n) is 8.48. The summed E-state index contributed by atoms with van der Waals surface area (Å²) in [6, 6.07) is 2.36. The minimum Gasteiger partial charge on any atom is -0.480 e. The van der Waals surface area contributed by atoms with Crippen LogP contribution in [0.25, 0.3) is 0 Å². The number of carboxylic acid groups (broad SMARTS) is 1. The van der Waals surface area contributed by atoms with Crippen LogP contribution in [0.4, 0.5) is 13.2 Å². The molecule has 7 heteroatoms. The normalized spacial score (nSPS) is 15.4. The van der Waals surface area contributed by atoms with Crippen molar-refractivity contribution < 1.29 is 28.2 Å². The zero-order chi connectivity index (χ0) is 13.2. The topological polar surface area (TPSA) is 83.6 Å². The van der Waals surface area contributed by atoms with E-state index < -0.39 is 35.4 Å². The van der Waals surface area contributed by atoms with Crippen molar-refractivity contribution >= 4 is 5.97 Å². The standard InChI is InChI=1S/C10H10F3NO3/c11-10(12,13)6-4-2-1-3-5(6)8(15)7(14)9(16)17/h1-4,7-8,15H,14H2,(H,16,17)/t7-,8-/m0/s1. The summed E-state index contributed by atoms with van der Waals surface area (Å²) >= 11 is 0. The van der Waals surface area contributed by atoms with Gasteiger partial charge in [-0.15, -0.1) is 0 Å². The maximum absolute atomic E-state index is 12.6. The molecule has 0 saturated heterocycles. The molecule has 1 rings (SSSR count). The second-order valence-electron chi connectivity index (χ2n) is 3.39. The molecule has 0 unspecified atom stereocenters. The fourth-order valence-corrected chi connectivity index (χ4v) is 1.34. The molecule has 1 aromatic carbocycles. The highest BCUT2D eigenvalue weighted by Gasteiger charge is 2.36. The maximum Gasteiger partial charge on any atom is 0.416 e. The van der Waals surface area contributed by atoms with Crippen LogP contribution in [0, 0.1) is 0 Å². The lowest BCUT2D eigenvalue weighted by molar-refractivity contribution is -0.144. The highest BCUT2D eigenvalue weighted by Crippen LogP contribution is 2.35. The largest absolute Gasteiger partial charge is 0.480 e. The summed E-state index contributed by atoms with van der Waals surface area (Å²) < 4.78 is 37.7. The fraction of sp³-hybridized carbons (Fsp3) is 0.300. The lowest BCUT2D eigenvalue weighted by atomic mass is 9.97. The Morgan fingerprint density at radius 1 is 1.29 bits per heavy atom. The van der Waals surface area contributed by atoms with Crippen LogP contribution in [0.5, 0.6) is 0 Å². The number of carbonyl (C=O) groups is 1. The van der Waals surface area contributed by atoms with Crippen LogP contribution in [-0.2, 0) is 11.0 Å². The maximum atomic E-state index is 12.6. The van der Waals surface area contributed by atoms with Gasteiger partial charge in [0.05, 0.1) is 5.56 Å². The molecule has 0 aliphatic rings. The number of halogens is 3. The number of nitrogens with two attached hydrogens (primary N) is 1. The molecule has 0 spiro atoms. The summed E-state index contributed by atoms with van der Waals surface area (Å²) in [4.78, 5) is 10.5. The monoisotopic (exact) mass is 249 g/mol. The van der Waals surface area contributed by atoms with Gasteiger partial charge in [0.25, 0.3) is 0 Å². The van der Waals surface area contributed by atoms with E-state index in [1.165, 1.54) is 6.07 Å². The molecular formula is C10H10F3NO3. The highest BCUT2D eigenvalue weighted by atomic mass is 19.4. The predicted molar refractivity (Wildman–Crippen MR) is 52.0 cm³/mol. The smallest absolute Gasteiger partial charge is 0.416 e. The number of hydrogen-bond donors (Lipinski definition) is 3. The fourth-order valence-electron chi connectivity index (χ4n) is 1.34. The van der Waals surface area contributed by atoms with Crippen molar-refractivity contribution in [2.75, 3.05) is 0 Å². The third-order valence-corrected chi connectivity index (χ3v) is 2.21. The number of aliphatic carboxylic acids is 1. The molecular weight excluding hydrogens is 239 g/mol. The second kappa shape index (κ2) is 4.72. The molecule has 2 atom stereocenters. The number of alkyl halides is 3. The molecule has 0 aliphatic carbocycles. The van der Waals surface area contributed by atoms with E-state index in [1.54, 1.807) is 0 Å². The molecule has 0 heterocycles. The molecule has 0 radical (unpaired) electrons. The van der Waals surface area contributed by atoms with Crippen molar-refractivity contribution in [3.05, 3.63) is 35.4 Å². The van der Waals surface area contributed by atoms with E-state index in [4.69, 9.17) is 10.8 Å².